The molecule has 0 radical (unpaired) electrons. The third-order valence-electron chi connectivity index (χ3n) is 3.58. The van der Waals surface area contributed by atoms with Crippen LogP contribution in [0.1, 0.15) is 36.0 Å². The molecular formula is C18H23ClN2O3S. The molecule has 1 aromatic heterocycles. The first-order chi connectivity index (χ1) is 11.8. The summed E-state index contributed by atoms with van der Waals surface area (Å²) < 4.78 is 12.4. The van der Waals surface area contributed by atoms with Crippen LogP contribution in [-0.4, -0.2) is 31.3 Å². The van der Waals surface area contributed by atoms with Crippen molar-refractivity contribution in [1.82, 2.24) is 4.57 Å². The molecule has 0 unspecified atom stereocenters. The number of aromatic nitrogens is 1. The van der Waals surface area contributed by atoms with Crippen molar-refractivity contribution in [1.29, 1.82) is 0 Å². The summed E-state index contributed by atoms with van der Waals surface area (Å²) in [7, 11) is 3.16. The lowest BCUT2D eigenvalue weighted by atomic mass is 9.95. The summed E-state index contributed by atoms with van der Waals surface area (Å²) in [6.45, 7) is 7.56. The first-order valence-corrected chi connectivity index (χ1v) is 9.08. The summed E-state index contributed by atoms with van der Waals surface area (Å²) in [5.41, 5.74) is 0.323. The van der Waals surface area contributed by atoms with Gasteiger partial charge in [0.2, 0.25) is 0 Å². The third-order valence-corrected chi connectivity index (χ3v) is 5.27. The van der Waals surface area contributed by atoms with E-state index in [1.54, 1.807) is 25.3 Å². The topological polar surface area (TPSA) is 52.8 Å². The molecule has 0 aliphatic carbocycles. The van der Waals surface area contributed by atoms with E-state index in [1.807, 2.05) is 10.8 Å². The second-order valence-corrected chi connectivity index (χ2v) is 8.02. The van der Waals surface area contributed by atoms with Gasteiger partial charge in [-0.3, -0.25) is 4.79 Å². The molecule has 0 saturated heterocycles. The standard InChI is InChI=1S/C18H23ClN2O3S/c1-18(2,3)15-11-21(8-9-23-4)17(25-15)20-16(22)13-10-12(19)6-7-14(13)24-5/h6-7,10-11H,8-9H2,1-5H3. The lowest BCUT2D eigenvalue weighted by Crippen LogP contribution is -2.18. The SMILES string of the molecule is COCCn1cc(C(C)(C)C)sc1=NC(=O)c1cc(Cl)ccc1OC. The summed E-state index contributed by atoms with van der Waals surface area (Å²) in [5.74, 6) is 0.0713. The molecule has 0 N–H and O–H groups in total. The minimum Gasteiger partial charge on any atom is -0.496 e. The van der Waals surface area contributed by atoms with Crippen LogP contribution in [0, 0.1) is 0 Å². The highest BCUT2D eigenvalue weighted by Crippen LogP contribution is 2.25. The van der Waals surface area contributed by atoms with Crippen LogP contribution in [0.25, 0.3) is 0 Å². The number of thiazole rings is 1. The van der Waals surface area contributed by atoms with Crippen LogP contribution in [-0.2, 0) is 16.7 Å². The van der Waals surface area contributed by atoms with Gasteiger partial charge in [-0.25, -0.2) is 0 Å². The fourth-order valence-electron chi connectivity index (χ4n) is 2.16. The molecule has 0 fully saturated rings. The Morgan fingerprint density at radius 2 is 2.04 bits per heavy atom. The molecule has 1 amide bonds. The van der Waals surface area contributed by atoms with Gasteiger partial charge >= 0.3 is 0 Å². The van der Waals surface area contributed by atoms with E-state index in [0.717, 1.165) is 4.88 Å². The molecule has 2 aromatic rings. The highest BCUT2D eigenvalue weighted by Gasteiger charge is 2.19. The van der Waals surface area contributed by atoms with Gasteiger partial charge in [-0.2, -0.15) is 4.99 Å². The summed E-state index contributed by atoms with van der Waals surface area (Å²) in [6, 6.07) is 4.92. The summed E-state index contributed by atoms with van der Waals surface area (Å²) >= 11 is 7.52. The summed E-state index contributed by atoms with van der Waals surface area (Å²) in [5, 5.41) is 0.466. The largest absolute Gasteiger partial charge is 0.496 e. The van der Waals surface area contributed by atoms with Crippen molar-refractivity contribution >= 4 is 28.8 Å². The number of hydrogen-bond acceptors (Lipinski definition) is 4. The molecule has 0 atom stereocenters. The maximum absolute atomic E-state index is 12.7. The van der Waals surface area contributed by atoms with Crippen LogP contribution in [0.4, 0.5) is 0 Å². The normalized spacial score (nSPS) is 12.5. The molecule has 2 rings (SSSR count). The van der Waals surface area contributed by atoms with Crippen molar-refractivity contribution in [3.8, 4) is 5.75 Å². The fraction of sp³-hybridized carbons (Fsp3) is 0.444. The number of carbonyl (C=O) groups excluding carboxylic acids is 1. The Morgan fingerprint density at radius 3 is 2.64 bits per heavy atom. The lowest BCUT2D eigenvalue weighted by Gasteiger charge is -2.14. The highest BCUT2D eigenvalue weighted by molar-refractivity contribution is 7.09. The van der Waals surface area contributed by atoms with Crippen LogP contribution in [0.2, 0.25) is 5.02 Å². The smallest absolute Gasteiger partial charge is 0.283 e. The Hall–Kier alpha value is -1.63. The monoisotopic (exact) mass is 382 g/mol. The molecule has 0 spiro atoms. The first-order valence-electron chi connectivity index (χ1n) is 7.88. The second-order valence-electron chi connectivity index (χ2n) is 6.58. The van der Waals surface area contributed by atoms with E-state index in [-0.39, 0.29) is 11.3 Å². The zero-order valence-corrected chi connectivity index (χ0v) is 16.7. The van der Waals surface area contributed by atoms with E-state index >= 15 is 0 Å². The van der Waals surface area contributed by atoms with Gasteiger partial charge in [0.1, 0.15) is 5.75 Å². The lowest BCUT2D eigenvalue weighted by molar-refractivity contribution is 0.0994. The molecule has 5 nitrogen and oxygen atoms in total. The van der Waals surface area contributed by atoms with Gasteiger partial charge in [0.25, 0.3) is 5.91 Å². The molecular weight excluding hydrogens is 360 g/mol. The Morgan fingerprint density at radius 1 is 1.32 bits per heavy atom. The van der Waals surface area contributed by atoms with Gasteiger partial charge in [0.15, 0.2) is 4.80 Å². The molecule has 0 bridgehead atoms. The number of hydrogen-bond donors (Lipinski definition) is 0. The van der Waals surface area contributed by atoms with Gasteiger partial charge in [-0.1, -0.05) is 32.4 Å². The number of halogens is 1. The molecule has 0 saturated carbocycles. The summed E-state index contributed by atoms with van der Waals surface area (Å²) in [4.78, 5) is 18.8. The predicted octanol–water partition coefficient (Wildman–Crippen LogP) is 3.90. The van der Waals surface area contributed by atoms with Crippen LogP contribution < -0.4 is 9.54 Å². The van der Waals surface area contributed by atoms with Gasteiger partial charge < -0.3 is 14.0 Å². The Kier molecular flexibility index (Phi) is 6.43. The van der Waals surface area contributed by atoms with E-state index < -0.39 is 0 Å². The third kappa shape index (κ3) is 4.93. The number of methoxy groups -OCH3 is 2. The van der Waals surface area contributed by atoms with Gasteiger partial charge in [0.05, 0.1) is 19.3 Å². The maximum Gasteiger partial charge on any atom is 0.283 e. The van der Waals surface area contributed by atoms with Crippen molar-refractivity contribution in [2.45, 2.75) is 32.7 Å². The molecule has 0 aliphatic rings. The van der Waals surface area contributed by atoms with Crippen molar-refractivity contribution in [2.75, 3.05) is 20.8 Å². The average molecular weight is 383 g/mol. The van der Waals surface area contributed by atoms with Crippen molar-refractivity contribution in [2.24, 2.45) is 4.99 Å². The van der Waals surface area contributed by atoms with E-state index in [2.05, 4.69) is 25.8 Å². The van der Waals surface area contributed by atoms with Crippen molar-refractivity contribution < 1.29 is 14.3 Å². The number of rotatable bonds is 5. The van der Waals surface area contributed by atoms with Crippen molar-refractivity contribution in [3.05, 3.63) is 44.7 Å². The van der Waals surface area contributed by atoms with Gasteiger partial charge in [-0.15, -0.1) is 11.3 Å². The average Bonchev–Trinajstić information content (AvgIpc) is 2.95. The predicted molar refractivity (Wildman–Crippen MR) is 101 cm³/mol. The Labute approximate surface area is 156 Å². The zero-order chi connectivity index (χ0) is 18.6. The van der Waals surface area contributed by atoms with E-state index in [9.17, 15) is 4.79 Å². The first kappa shape index (κ1) is 19.7. The van der Waals surface area contributed by atoms with Crippen LogP contribution in [0.5, 0.6) is 5.75 Å². The quantitative estimate of drug-likeness (QED) is 0.788. The molecule has 0 aliphatic heterocycles. The number of nitrogens with zero attached hydrogens (tertiary/aromatic N) is 2. The van der Waals surface area contributed by atoms with Crippen LogP contribution in [0.15, 0.2) is 29.4 Å². The Bertz CT molecular complexity index is 818. The number of benzene rings is 1. The maximum atomic E-state index is 12.7. The van der Waals surface area contributed by atoms with E-state index in [4.69, 9.17) is 21.1 Å². The highest BCUT2D eigenvalue weighted by atomic mass is 35.5. The van der Waals surface area contributed by atoms with E-state index in [1.165, 1.54) is 18.4 Å². The Balaban J connectivity index is 2.50. The van der Waals surface area contributed by atoms with Crippen LogP contribution in [0.3, 0.4) is 0 Å². The zero-order valence-electron chi connectivity index (χ0n) is 15.1. The fourth-order valence-corrected chi connectivity index (χ4v) is 3.40. The second kappa shape index (κ2) is 8.17. The molecule has 1 heterocycles. The molecule has 7 heteroatoms. The number of ether oxygens (including phenoxy) is 2. The van der Waals surface area contributed by atoms with Crippen molar-refractivity contribution in [3.63, 3.8) is 0 Å². The number of carbonyl (C=O) groups is 1. The van der Waals surface area contributed by atoms with Crippen LogP contribution >= 0.6 is 22.9 Å². The van der Waals surface area contributed by atoms with E-state index in [0.29, 0.717) is 34.3 Å². The molecule has 25 heavy (non-hydrogen) atoms. The minimum absolute atomic E-state index is 0.0238. The summed E-state index contributed by atoms with van der Waals surface area (Å²) in [6.07, 6.45) is 2.03. The molecule has 136 valence electrons. The number of amides is 1. The van der Waals surface area contributed by atoms with Gasteiger partial charge in [0, 0.05) is 29.8 Å². The minimum atomic E-state index is -0.382. The van der Waals surface area contributed by atoms with Gasteiger partial charge in [-0.05, 0) is 23.6 Å². The molecule has 1 aromatic carbocycles.